The number of carbonyl (C=O) groups is 1. The lowest BCUT2D eigenvalue weighted by molar-refractivity contribution is 0.236. The third-order valence-corrected chi connectivity index (χ3v) is 5.53. The predicted molar refractivity (Wildman–Crippen MR) is 95.4 cm³/mol. The molecule has 1 aliphatic carbocycles. The summed E-state index contributed by atoms with van der Waals surface area (Å²) in [5.74, 6) is 1.88. The van der Waals surface area contributed by atoms with Gasteiger partial charge < -0.3 is 15.2 Å². The van der Waals surface area contributed by atoms with Gasteiger partial charge in [-0.25, -0.2) is 4.79 Å². The highest BCUT2D eigenvalue weighted by molar-refractivity contribution is 5.74. The summed E-state index contributed by atoms with van der Waals surface area (Å²) in [6.07, 6.45) is 4.34. The topological polar surface area (TPSA) is 71.8 Å². The molecule has 0 unspecified atom stereocenters. The molecule has 0 saturated heterocycles. The summed E-state index contributed by atoms with van der Waals surface area (Å²) in [7, 11) is 0. The van der Waals surface area contributed by atoms with Crippen molar-refractivity contribution in [3.8, 4) is 0 Å². The van der Waals surface area contributed by atoms with Crippen LogP contribution in [0.25, 0.3) is 0 Å². The number of benzene rings is 1. The molecule has 1 saturated carbocycles. The van der Waals surface area contributed by atoms with Crippen LogP contribution in [0.15, 0.2) is 24.3 Å². The van der Waals surface area contributed by atoms with Gasteiger partial charge in [-0.15, -0.1) is 10.2 Å². The fourth-order valence-electron chi connectivity index (χ4n) is 3.92. The van der Waals surface area contributed by atoms with Crippen molar-refractivity contribution in [3.05, 3.63) is 47.0 Å². The number of fused-ring (bicyclic) bond motifs is 1. The lowest BCUT2D eigenvalue weighted by Crippen LogP contribution is -2.41. The Morgan fingerprint density at radius 1 is 1.32 bits per heavy atom. The molecule has 0 spiro atoms. The second kappa shape index (κ2) is 6.17. The van der Waals surface area contributed by atoms with Crippen LogP contribution < -0.4 is 10.6 Å². The van der Waals surface area contributed by atoms with Crippen LogP contribution in [0.2, 0.25) is 0 Å². The van der Waals surface area contributed by atoms with Gasteiger partial charge in [-0.3, -0.25) is 0 Å². The minimum absolute atomic E-state index is 0.113. The van der Waals surface area contributed by atoms with Crippen LogP contribution in [0.1, 0.15) is 55.0 Å². The Balaban J connectivity index is 1.36. The Kier molecular flexibility index (Phi) is 3.98. The van der Waals surface area contributed by atoms with Gasteiger partial charge in [0.25, 0.3) is 0 Å². The normalized spacial score (nSPS) is 18.5. The molecule has 1 aliphatic heterocycles. The Hall–Kier alpha value is -2.37. The molecule has 1 aromatic carbocycles. The SMILES string of the molecule is Cc1ccccc1C1(CNC(=O)N[C@@H](C)c2nnc3n2CCC3)CC1. The van der Waals surface area contributed by atoms with Gasteiger partial charge >= 0.3 is 6.03 Å². The van der Waals surface area contributed by atoms with Gasteiger partial charge in [0.2, 0.25) is 0 Å². The van der Waals surface area contributed by atoms with Crippen LogP contribution in [-0.2, 0) is 18.4 Å². The van der Waals surface area contributed by atoms with Gasteiger partial charge in [0.15, 0.2) is 5.82 Å². The molecular weight excluding hydrogens is 314 g/mol. The van der Waals surface area contributed by atoms with Crippen molar-refractivity contribution in [2.75, 3.05) is 6.54 Å². The number of aryl methyl sites for hydroxylation is 2. The van der Waals surface area contributed by atoms with Gasteiger partial charge in [0, 0.05) is 24.9 Å². The van der Waals surface area contributed by atoms with Crippen molar-refractivity contribution in [2.24, 2.45) is 0 Å². The van der Waals surface area contributed by atoms with Crippen molar-refractivity contribution in [2.45, 2.75) is 57.5 Å². The fraction of sp³-hybridized carbons (Fsp3) is 0.526. The standard InChI is InChI=1S/C19H25N5O/c1-13-6-3-4-7-15(13)19(9-10-19)12-20-18(25)21-14(2)17-23-22-16-8-5-11-24(16)17/h3-4,6-7,14H,5,8-12H2,1-2H3,(H2,20,21,25)/t14-/m0/s1. The van der Waals surface area contributed by atoms with E-state index < -0.39 is 0 Å². The zero-order valence-electron chi connectivity index (χ0n) is 14.9. The molecule has 132 valence electrons. The van der Waals surface area contributed by atoms with Crippen LogP contribution in [0.5, 0.6) is 0 Å². The van der Waals surface area contributed by atoms with Crippen LogP contribution >= 0.6 is 0 Å². The molecule has 2 aromatic rings. The largest absolute Gasteiger partial charge is 0.337 e. The molecule has 2 aliphatic rings. The van der Waals surface area contributed by atoms with E-state index in [2.05, 4.69) is 56.6 Å². The van der Waals surface area contributed by atoms with E-state index in [0.717, 1.165) is 43.9 Å². The predicted octanol–water partition coefficient (Wildman–Crippen LogP) is 2.62. The van der Waals surface area contributed by atoms with Crippen molar-refractivity contribution in [3.63, 3.8) is 0 Å². The highest BCUT2D eigenvalue weighted by Gasteiger charge is 2.45. The molecule has 1 fully saturated rings. The lowest BCUT2D eigenvalue weighted by atomic mass is 9.92. The zero-order valence-corrected chi connectivity index (χ0v) is 14.9. The quantitative estimate of drug-likeness (QED) is 0.879. The van der Waals surface area contributed by atoms with E-state index >= 15 is 0 Å². The van der Waals surface area contributed by atoms with Gasteiger partial charge in [0.05, 0.1) is 6.04 Å². The van der Waals surface area contributed by atoms with E-state index in [-0.39, 0.29) is 17.5 Å². The summed E-state index contributed by atoms with van der Waals surface area (Å²) in [6, 6.07) is 8.19. The van der Waals surface area contributed by atoms with Gasteiger partial charge in [-0.05, 0) is 44.2 Å². The molecule has 6 nitrogen and oxygen atoms in total. The Labute approximate surface area is 148 Å². The minimum Gasteiger partial charge on any atom is -0.337 e. The maximum atomic E-state index is 12.4. The van der Waals surface area contributed by atoms with E-state index in [9.17, 15) is 4.79 Å². The first kappa shape index (κ1) is 16.1. The third-order valence-electron chi connectivity index (χ3n) is 5.53. The number of hydrogen-bond donors (Lipinski definition) is 2. The number of urea groups is 1. The van der Waals surface area contributed by atoms with E-state index in [0.29, 0.717) is 6.54 Å². The summed E-state index contributed by atoms with van der Waals surface area (Å²) < 4.78 is 2.13. The summed E-state index contributed by atoms with van der Waals surface area (Å²) in [5, 5.41) is 14.5. The average Bonchev–Trinajstić information content (AvgIpc) is 3.04. The molecule has 1 aromatic heterocycles. The fourth-order valence-corrected chi connectivity index (χ4v) is 3.92. The van der Waals surface area contributed by atoms with Gasteiger partial charge in [-0.1, -0.05) is 24.3 Å². The number of hydrogen-bond acceptors (Lipinski definition) is 3. The van der Waals surface area contributed by atoms with Crippen molar-refractivity contribution < 1.29 is 4.79 Å². The summed E-state index contributed by atoms with van der Waals surface area (Å²) >= 11 is 0. The number of nitrogens with one attached hydrogen (secondary N) is 2. The molecule has 4 rings (SSSR count). The average molecular weight is 339 g/mol. The summed E-state index contributed by atoms with van der Waals surface area (Å²) in [6.45, 7) is 5.73. The van der Waals surface area contributed by atoms with Gasteiger partial charge in [-0.2, -0.15) is 0 Å². The van der Waals surface area contributed by atoms with E-state index in [1.165, 1.54) is 11.1 Å². The molecule has 2 heterocycles. The molecule has 25 heavy (non-hydrogen) atoms. The maximum Gasteiger partial charge on any atom is 0.315 e. The lowest BCUT2D eigenvalue weighted by Gasteiger charge is -2.20. The first-order chi connectivity index (χ1) is 12.1. The van der Waals surface area contributed by atoms with Crippen LogP contribution in [0.3, 0.4) is 0 Å². The van der Waals surface area contributed by atoms with Gasteiger partial charge in [0.1, 0.15) is 5.82 Å². The van der Waals surface area contributed by atoms with E-state index in [1.54, 1.807) is 0 Å². The molecule has 2 amide bonds. The maximum absolute atomic E-state index is 12.4. The Bertz CT molecular complexity index is 793. The van der Waals surface area contributed by atoms with Crippen LogP contribution in [0.4, 0.5) is 4.79 Å². The summed E-state index contributed by atoms with van der Waals surface area (Å²) in [4.78, 5) is 12.4. The minimum atomic E-state index is -0.145. The molecule has 0 bridgehead atoms. The Morgan fingerprint density at radius 3 is 2.88 bits per heavy atom. The third kappa shape index (κ3) is 3.01. The van der Waals surface area contributed by atoms with Crippen molar-refractivity contribution in [1.29, 1.82) is 0 Å². The molecular formula is C19H25N5O. The number of aromatic nitrogens is 3. The van der Waals surface area contributed by atoms with Crippen LogP contribution in [0, 0.1) is 6.92 Å². The smallest absolute Gasteiger partial charge is 0.315 e. The molecule has 1 atom stereocenters. The summed E-state index contributed by atoms with van der Waals surface area (Å²) in [5.41, 5.74) is 2.77. The number of rotatable bonds is 5. The monoisotopic (exact) mass is 339 g/mol. The second-order valence-corrected chi connectivity index (χ2v) is 7.37. The van der Waals surface area contributed by atoms with E-state index in [4.69, 9.17) is 0 Å². The number of nitrogens with zero attached hydrogens (tertiary/aromatic N) is 3. The molecule has 2 N–H and O–H groups in total. The first-order valence-corrected chi connectivity index (χ1v) is 9.11. The molecule has 0 radical (unpaired) electrons. The zero-order chi connectivity index (χ0) is 17.4. The molecule has 6 heteroatoms. The van der Waals surface area contributed by atoms with Crippen molar-refractivity contribution in [1.82, 2.24) is 25.4 Å². The van der Waals surface area contributed by atoms with Crippen molar-refractivity contribution >= 4 is 6.03 Å². The highest BCUT2D eigenvalue weighted by Crippen LogP contribution is 2.48. The first-order valence-electron chi connectivity index (χ1n) is 9.11. The van der Waals surface area contributed by atoms with E-state index in [1.807, 2.05) is 6.92 Å². The highest BCUT2D eigenvalue weighted by atomic mass is 16.2. The second-order valence-electron chi connectivity index (χ2n) is 7.37. The number of amides is 2. The van der Waals surface area contributed by atoms with Crippen LogP contribution in [-0.4, -0.2) is 27.3 Å². The number of carbonyl (C=O) groups excluding carboxylic acids is 1. The Morgan fingerprint density at radius 2 is 2.12 bits per heavy atom.